The van der Waals surface area contributed by atoms with Crippen molar-refractivity contribution in [3.63, 3.8) is 0 Å². The van der Waals surface area contributed by atoms with Crippen LogP contribution in [-0.4, -0.2) is 50.3 Å². The molecule has 3 N–H and O–H groups in total. The van der Waals surface area contributed by atoms with Crippen LogP contribution >= 0.6 is 24.0 Å². The van der Waals surface area contributed by atoms with Crippen LogP contribution in [0.5, 0.6) is 0 Å². The number of ether oxygens (including phenoxy) is 1. The highest BCUT2D eigenvalue weighted by molar-refractivity contribution is 14.0. The lowest BCUT2D eigenvalue weighted by Gasteiger charge is -2.20. The molecule has 0 aromatic heterocycles. The number of benzene rings is 1. The van der Waals surface area contributed by atoms with E-state index in [1.54, 1.807) is 7.11 Å². The molecule has 1 atom stereocenters. The number of rotatable bonds is 10. The highest BCUT2D eigenvalue weighted by atomic mass is 127. The monoisotopic (exact) mass is 460 g/mol. The van der Waals surface area contributed by atoms with E-state index in [1.165, 1.54) is 18.4 Å². The van der Waals surface area contributed by atoms with E-state index in [0.717, 1.165) is 37.8 Å². The van der Waals surface area contributed by atoms with Crippen LogP contribution in [0, 0.1) is 0 Å². The zero-order valence-electron chi connectivity index (χ0n) is 15.7. The minimum atomic E-state index is 0. The summed E-state index contributed by atoms with van der Waals surface area (Å²) in [6, 6.07) is 9.17. The van der Waals surface area contributed by atoms with Gasteiger partial charge < -0.3 is 15.8 Å². The topological polar surface area (TPSA) is 62.9 Å². The van der Waals surface area contributed by atoms with Crippen molar-refractivity contribution >= 4 is 35.6 Å². The molecule has 0 heterocycles. The summed E-state index contributed by atoms with van der Waals surface area (Å²) in [6.45, 7) is 7.84. The number of hydrogen-bond acceptors (Lipinski definition) is 3. The first-order valence-corrected chi connectivity index (χ1v) is 9.04. The van der Waals surface area contributed by atoms with Gasteiger partial charge in [-0.15, -0.1) is 24.0 Å². The van der Waals surface area contributed by atoms with Crippen molar-refractivity contribution in [2.24, 2.45) is 10.7 Å². The number of hydrogen-bond donors (Lipinski definition) is 2. The van der Waals surface area contributed by atoms with E-state index in [9.17, 15) is 0 Å². The molecule has 1 fully saturated rings. The summed E-state index contributed by atoms with van der Waals surface area (Å²) in [5.41, 5.74) is 8.35. The summed E-state index contributed by atoms with van der Waals surface area (Å²) in [4.78, 5) is 6.90. The second-order valence-corrected chi connectivity index (χ2v) is 6.58. The summed E-state index contributed by atoms with van der Waals surface area (Å²) in [5, 5.41) is 3.17. The van der Waals surface area contributed by atoms with Crippen LogP contribution < -0.4 is 11.1 Å². The number of nitrogens with two attached hydrogens (primary N) is 1. The molecule has 0 amide bonds. The van der Waals surface area contributed by atoms with E-state index in [2.05, 4.69) is 53.3 Å². The Hall–Kier alpha value is -0.860. The van der Waals surface area contributed by atoms with E-state index in [1.807, 2.05) is 0 Å². The van der Waals surface area contributed by atoms with Gasteiger partial charge >= 0.3 is 0 Å². The molecular weight excluding hydrogens is 427 g/mol. The lowest BCUT2D eigenvalue weighted by molar-refractivity contribution is 0.145. The number of aliphatic imine (C=N–C) groups is 1. The molecule has 1 aliphatic rings. The average molecular weight is 460 g/mol. The predicted molar refractivity (Wildman–Crippen MR) is 117 cm³/mol. The van der Waals surface area contributed by atoms with E-state index >= 15 is 0 Å². The number of halogens is 1. The highest BCUT2D eigenvalue weighted by Crippen LogP contribution is 2.26. The number of guanidine groups is 1. The van der Waals surface area contributed by atoms with Crippen molar-refractivity contribution in [3.8, 4) is 0 Å². The van der Waals surface area contributed by atoms with Crippen molar-refractivity contribution in [1.29, 1.82) is 0 Å². The molecule has 0 aliphatic heterocycles. The SMILES string of the molecule is CCC(C)c1ccc(NC(N)=NCCN(CCOC)C2CC2)cc1.I. The first-order chi connectivity index (χ1) is 11.6. The number of nitrogens with zero attached hydrogens (tertiary/aromatic N) is 2. The number of nitrogens with one attached hydrogen (secondary N) is 1. The van der Waals surface area contributed by atoms with Crippen LogP contribution in [0.4, 0.5) is 5.69 Å². The third-order valence-electron chi connectivity index (χ3n) is 4.68. The minimum Gasteiger partial charge on any atom is -0.383 e. The Morgan fingerprint density at radius 2 is 2.00 bits per heavy atom. The lowest BCUT2D eigenvalue weighted by Crippen LogP contribution is -2.33. The zero-order valence-corrected chi connectivity index (χ0v) is 18.0. The third-order valence-corrected chi connectivity index (χ3v) is 4.68. The van der Waals surface area contributed by atoms with Crippen LogP contribution in [0.1, 0.15) is 44.6 Å². The van der Waals surface area contributed by atoms with Gasteiger partial charge in [-0.3, -0.25) is 9.89 Å². The number of methoxy groups -OCH3 is 1. The molecule has 2 rings (SSSR count). The van der Waals surface area contributed by atoms with Crippen LogP contribution in [0.25, 0.3) is 0 Å². The quantitative estimate of drug-likeness (QED) is 0.318. The van der Waals surface area contributed by atoms with Crippen LogP contribution in [-0.2, 0) is 4.74 Å². The Kier molecular flexibility index (Phi) is 10.4. The fourth-order valence-electron chi connectivity index (χ4n) is 2.74. The molecule has 25 heavy (non-hydrogen) atoms. The van der Waals surface area contributed by atoms with Gasteiger partial charge in [-0.05, 0) is 42.9 Å². The normalized spacial score (nSPS) is 15.8. The molecule has 0 bridgehead atoms. The standard InChI is InChI=1S/C19H32N4O.HI/c1-4-15(2)16-5-7-17(8-6-16)22-19(20)21-11-12-23(13-14-24-3)18-9-10-18;/h5-8,15,18H,4,9-14H2,1-3H3,(H3,20,21,22);1H. The molecule has 1 aliphatic carbocycles. The lowest BCUT2D eigenvalue weighted by atomic mass is 9.99. The maximum atomic E-state index is 6.00. The highest BCUT2D eigenvalue weighted by Gasteiger charge is 2.27. The van der Waals surface area contributed by atoms with Gasteiger partial charge in [0, 0.05) is 31.9 Å². The summed E-state index contributed by atoms with van der Waals surface area (Å²) >= 11 is 0. The second kappa shape index (κ2) is 11.7. The van der Waals surface area contributed by atoms with Gasteiger partial charge in [0.1, 0.15) is 0 Å². The Balaban J connectivity index is 0.00000312. The number of anilines is 1. The molecule has 0 radical (unpaired) electrons. The molecule has 5 nitrogen and oxygen atoms in total. The van der Waals surface area contributed by atoms with Gasteiger partial charge in [0.2, 0.25) is 0 Å². The summed E-state index contributed by atoms with van der Waals surface area (Å²) in [6.07, 6.45) is 3.74. The van der Waals surface area contributed by atoms with Gasteiger partial charge in [-0.25, -0.2) is 0 Å². The maximum absolute atomic E-state index is 6.00. The third kappa shape index (κ3) is 7.92. The molecule has 6 heteroatoms. The van der Waals surface area contributed by atoms with Crippen molar-refractivity contribution in [2.75, 3.05) is 38.7 Å². The zero-order chi connectivity index (χ0) is 17.4. The van der Waals surface area contributed by atoms with E-state index in [0.29, 0.717) is 18.4 Å². The van der Waals surface area contributed by atoms with Gasteiger partial charge in [-0.1, -0.05) is 26.0 Å². The van der Waals surface area contributed by atoms with Crippen LogP contribution in [0.15, 0.2) is 29.3 Å². The Morgan fingerprint density at radius 3 is 2.56 bits per heavy atom. The Morgan fingerprint density at radius 1 is 1.32 bits per heavy atom. The summed E-state index contributed by atoms with van der Waals surface area (Å²) in [5.74, 6) is 1.07. The second-order valence-electron chi connectivity index (χ2n) is 6.58. The first kappa shape index (κ1) is 22.2. The first-order valence-electron chi connectivity index (χ1n) is 9.04. The molecular formula is C19H33IN4O. The maximum Gasteiger partial charge on any atom is 0.193 e. The van der Waals surface area contributed by atoms with Gasteiger partial charge in [-0.2, -0.15) is 0 Å². The van der Waals surface area contributed by atoms with Crippen LogP contribution in [0.2, 0.25) is 0 Å². The van der Waals surface area contributed by atoms with Gasteiger partial charge in [0.25, 0.3) is 0 Å². The van der Waals surface area contributed by atoms with E-state index < -0.39 is 0 Å². The van der Waals surface area contributed by atoms with Crippen molar-refractivity contribution in [1.82, 2.24) is 4.90 Å². The molecule has 0 spiro atoms. The van der Waals surface area contributed by atoms with Crippen molar-refractivity contribution in [2.45, 2.75) is 45.1 Å². The summed E-state index contributed by atoms with van der Waals surface area (Å²) < 4.78 is 5.18. The average Bonchev–Trinajstić information content (AvgIpc) is 3.43. The predicted octanol–water partition coefficient (Wildman–Crippen LogP) is 3.66. The minimum absolute atomic E-state index is 0. The summed E-state index contributed by atoms with van der Waals surface area (Å²) in [7, 11) is 1.75. The van der Waals surface area contributed by atoms with E-state index in [4.69, 9.17) is 10.5 Å². The Bertz CT molecular complexity index is 517. The molecule has 1 aromatic rings. The fourth-order valence-corrected chi connectivity index (χ4v) is 2.74. The van der Waals surface area contributed by atoms with Crippen LogP contribution in [0.3, 0.4) is 0 Å². The molecule has 1 unspecified atom stereocenters. The molecule has 1 saturated carbocycles. The molecule has 0 saturated heterocycles. The van der Waals surface area contributed by atoms with Gasteiger partial charge in [0.05, 0.1) is 13.2 Å². The smallest absolute Gasteiger partial charge is 0.193 e. The van der Waals surface area contributed by atoms with E-state index in [-0.39, 0.29) is 24.0 Å². The Labute approximate surface area is 169 Å². The molecule has 1 aromatic carbocycles. The van der Waals surface area contributed by atoms with Gasteiger partial charge in [0.15, 0.2) is 5.96 Å². The largest absolute Gasteiger partial charge is 0.383 e. The van der Waals surface area contributed by atoms with Crippen molar-refractivity contribution in [3.05, 3.63) is 29.8 Å². The fraction of sp³-hybridized carbons (Fsp3) is 0.632. The molecule has 142 valence electrons. The van der Waals surface area contributed by atoms with Crippen molar-refractivity contribution < 1.29 is 4.74 Å².